The van der Waals surface area contributed by atoms with E-state index in [1.54, 1.807) is 10.7 Å². The number of hydrogen-bond donors (Lipinski definition) is 1. The fourth-order valence-electron chi connectivity index (χ4n) is 4.43. The van der Waals surface area contributed by atoms with Gasteiger partial charge in [-0.2, -0.15) is 5.10 Å². The highest BCUT2D eigenvalue weighted by molar-refractivity contribution is 5.90. The van der Waals surface area contributed by atoms with Crippen LogP contribution in [0.25, 0.3) is 11.3 Å². The van der Waals surface area contributed by atoms with Crippen molar-refractivity contribution in [2.75, 3.05) is 29.6 Å². The van der Waals surface area contributed by atoms with E-state index in [0.29, 0.717) is 31.0 Å². The Kier molecular flexibility index (Phi) is 4.67. The van der Waals surface area contributed by atoms with Crippen LogP contribution in [0, 0.1) is 0 Å². The minimum absolute atomic E-state index is 0.119. The number of ether oxygens (including phenoxy) is 2. The number of anilines is 2. The average molecular weight is 433 g/mol. The van der Waals surface area contributed by atoms with E-state index in [4.69, 9.17) is 15.2 Å². The number of hydrogen-bond acceptors (Lipinski definition) is 6. The standard InChI is InChI=1S/C20H21F2N5O4/c21-18(22)15-10-31-20(29)27(15)17-9-14-12-4-3-11(25-5-1-2-13(25)19(23)28)8-16(12)30-7-6-26(14)24-17/h3-4,8-9,13,15,18H,1-2,5-7,10H2,(H2,23,28)/t13-,15-/m0/s1. The summed E-state index contributed by atoms with van der Waals surface area (Å²) < 4.78 is 39.1. The Labute approximate surface area is 176 Å². The number of nitrogens with zero attached hydrogens (tertiary/aromatic N) is 4. The highest BCUT2D eigenvalue weighted by atomic mass is 19.3. The lowest BCUT2D eigenvalue weighted by Crippen LogP contribution is -2.40. The second kappa shape index (κ2) is 7.40. The quantitative estimate of drug-likeness (QED) is 0.791. The SMILES string of the molecule is NC(=O)[C@@H]1CCCN1c1ccc2c(c1)OCCn1nc(N3C(=O)OC[C@H]3C(F)F)cc1-2. The number of amides is 2. The molecule has 2 N–H and O–H groups in total. The summed E-state index contributed by atoms with van der Waals surface area (Å²) in [5.41, 5.74) is 7.73. The smallest absolute Gasteiger partial charge is 0.416 e. The Hall–Kier alpha value is -3.37. The molecule has 0 spiro atoms. The summed E-state index contributed by atoms with van der Waals surface area (Å²) in [4.78, 5) is 26.7. The van der Waals surface area contributed by atoms with Crippen LogP contribution in [-0.4, -0.2) is 60.0 Å². The van der Waals surface area contributed by atoms with E-state index >= 15 is 0 Å². The molecule has 3 aliphatic rings. The van der Waals surface area contributed by atoms with Crippen LogP contribution in [0.4, 0.5) is 25.1 Å². The Bertz CT molecular complexity index is 1040. The van der Waals surface area contributed by atoms with Gasteiger partial charge in [0, 0.05) is 29.9 Å². The third-order valence-corrected chi connectivity index (χ3v) is 5.93. The lowest BCUT2D eigenvalue weighted by atomic mass is 10.1. The van der Waals surface area contributed by atoms with Crippen LogP contribution in [-0.2, 0) is 16.1 Å². The van der Waals surface area contributed by atoms with Gasteiger partial charge in [0.05, 0.1) is 12.2 Å². The summed E-state index contributed by atoms with van der Waals surface area (Å²) in [5.74, 6) is 0.349. The van der Waals surface area contributed by atoms with Crippen molar-refractivity contribution in [1.29, 1.82) is 0 Å². The molecule has 0 saturated carbocycles. The summed E-state index contributed by atoms with van der Waals surface area (Å²) in [7, 11) is 0. The van der Waals surface area contributed by atoms with Gasteiger partial charge in [0.25, 0.3) is 6.43 Å². The second-order valence-electron chi connectivity index (χ2n) is 7.74. The zero-order valence-electron chi connectivity index (χ0n) is 16.5. The first-order chi connectivity index (χ1) is 14.9. The summed E-state index contributed by atoms with van der Waals surface area (Å²) in [6.07, 6.45) is -2.00. The Morgan fingerprint density at radius 1 is 1.23 bits per heavy atom. The molecule has 1 aromatic carbocycles. The number of rotatable bonds is 4. The number of aromatic nitrogens is 2. The molecule has 31 heavy (non-hydrogen) atoms. The molecule has 2 aromatic rings. The molecule has 4 heterocycles. The fraction of sp³-hybridized carbons (Fsp3) is 0.450. The monoisotopic (exact) mass is 433 g/mol. The van der Waals surface area contributed by atoms with Gasteiger partial charge in [0.1, 0.15) is 31.0 Å². The van der Waals surface area contributed by atoms with E-state index < -0.39 is 18.6 Å². The van der Waals surface area contributed by atoms with E-state index in [0.717, 1.165) is 29.1 Å². The first-order valence-corrected chi connectivity index (χ1v) is 10.1. The molecule has 11 heteroatoms. The van der Waals surface area contributed by atoms with Crippen LogP contribution in [0.5, 0.6) is 5.75 Å². The lowest BCUT2D eigenvalue weighted by molar-refractivity contribution is -0.119. The van der Waals surface area contributed by atoms with E-state index in [1.807, 2.05) is 23.1 Å². The molecule has 5 rings (SSSR count). The lowest BCUT2D eigenvalue weighted by Gasteiger charge is -2.25. The largest absolute Gasteiger partial charge is 0.491 e. The molecular formula is C20H21F2N5O4. The average Bonchev–Trinajstić information content (AvgIpc) is 3.44. The molecule has 9 nitrogen and oxygen atoms in total. The summed E-state index contributed by atoms with van der Waals surface area (Å²) in [6, 6.07) is 5.44. The van der Waals surface area contributed by atoms with Crippen molar-refractivity contribution in [3.05, 3.63) is 24.3 Å². The number of carbonyl (C=O) groups is 2. The zero-order valence-corrected chi connectivity index (χ0v) is 16.5. The maximum Gasteiger partial charge on any atom is 0.416 e. The van der Waals surface area contributed by atoms with Gasteiger partial charge in [-0.1, -0.05) is 0 Å². The van der Waals surface area contributed by atoms with Gasteiger partial charge in [-0.25, -0.2) is 18.5 Å². The molecule has 2 amide bonds. The normalized spacial score (nSPS) is 22.7. The van der Waals surface area contributed by atoms with Crippen LogP contribution in [0.1, 0.15) is 12.8 Å². The van der Waals surface area contributed by atoms with Crippen molar-refractivity contribution in [3.63, 3.8) is 0 Å². The maximum atomic E-state index is 13.4. The predicted molar refractivity (Wildman–Crippen MR) is 106 cm³/mol. The highest BCUT2D eigenvalue weighted by Gasteiger charge is 2.42. The van der Waals surface area contributed by atoms with Gasteiger partial charge in [0.2, 0.25) is 5.91 Å². The topological polar surface area (TPSA) is 103 Å². The van der Waals surface area contributed by atoms with Gasteiger partial charge < -0.3 is 20.1 Å². The van der Waals surface area contributed by atoms with Crippen LogP contribution in [0.2, 0.25) is 0 Å². The summed E-state index contributed by atoms with van der Waals surface area (Å²) in [5, 5.41) is 4.37. The van der Waals surface area contributed by atoms with Gasteiger partial charge >= 0.3 is 6.09 Å². The minimum Gasteiger partial charge on any atom is -0.491 e. The maximum absolute atomic E-state index is 13.4. The number of benzene rings is 1. The summed E-state index contributed by atoms with van der Waals surface area (Å²) in [6.45, 7) is 1.04. The van der Waals surface area contributed by atoms with Crippen LogP contribution in [0.15, 0.2) is 24.3 Å². The number of nitrogens with two attached hydrogens (primary N) is 1. The van der Waals surface area contributed by atoms with Crippen LogP contribution in [0.3, 0.4) is 0 Å². The molecule has 0 unspecified atom stereocenters. The second-order valence-corrected chi connectivity index (χ2v) is 7.74. The fourth-order valence-corrected chi connectivity index (χ4v) is 4.43. The Balaban J connectivity index is 1.51. The van der Waals surface area contributed by atoms with Crippen LogP contribution < -0.4 is 20.3 Å². The zero-order chi connectivity index (χ0) is 21.7. The molecule has 2 atom stereocenters. The van der Waals surface area contributed by atoms with E-state index in [1.165, 1.54) is 0 Å². The van der Waals surface area contributed by atoms with Crippen molar-refractivity contribution >= 4 is 23.5 Å². The molecule has 1 aromatic heterocycles. The van der Waals surface area contributed by atoms with Crippen molar-refractivity contribution in [1.82, 2.24) is 9.78 Å². The Morgan fingerprint density at radius 3 is 2.84 bits per heavy atom. The van der Waals surface area contributed by atoms with E-state index in [2.05, 4.69) is 5.10 Å². The molecule has 2 fully saturated rings. The number of fused-ring (bicyclic) bond motifs is 3. The number of carbonyl (C=O) groups excluding carboxylic acids is 2. The summed E-state index contributed by atoms with van der Waals surface area (Å²) >= 11 is 0. The molecule has 0 aliphatic carbocycles. The molecular weight excluding hydrogens is 412 g/mol. The number of halogens is 2. The Morgan fingerprint density at radius 2 is 2.06 bits per heavy atom. The number of cyclic esters (lactones) is 1. The molecule has 164 valence electrons. The minimum atomic E-state index is -2.75. The third kappa shape index (κ3) is 3.24. The predicted octanol–water partition coefficient (Wildman–Crippen LogP) is 1.99. The molecule has 0 radical (unpaired) electrons. The third-order valence-electron chi connectivity index (χ3n) is 5.93. The van der Waals surface area contributed by atoms with Gasteiger partial charge in [-0.3, -0.25) is 9.48 Å². The van der Waals surface area contributed by atoms with Crippen molar-refractivity contribution < 1.29 is 27.8 Å². The number of alkyl halides is 2. The van der Waals surface area contributed by atoms with Gasteiger partial charge in [-0.15, -0.1) is 0 Å². The highest BCUT2D eigenvalue weighted by Crippen LogP contribution is 2.39. The molecule has 0 bridgehead atoms. The van der Waals surface area contributed by atoms with Crippen molar-refractivity contribution in [3.8, 4) is 17.0 Å². The van der Waals surface area contributed by atoms with E-state index in [-0.39, 0.29) is 24.4 Å². The first-order valence-electron chi connectivity index (χ1n) is 10.1. The molecule has 3 aliphatic heterocycles. The van der Waals surface area contributed by atoms with Crippen molar-refractivity contribution in [2.45, 2.75) is 37.9 Å². The van der Waals surface area contributed by atoms with Gasteiger partial charge in [-0.05, 0) is 25.0 Å². The van der Waals surface area contributed by atoms with E-state index in [9.17, 15) is 18.4 Å². The number of primary amides is 1. The van der Waals surface area contributed by atoms with Crippen molar-refractivity contribution in [2.24, 2.45) is 5.73 Å². The van der Waals surface area contributed by atoms with Crippen LogP contribution >= 0.6 is 0 Å². The first kappa shape index (κ1) is 19.6. The molecule has 2 saturated heterocycles. The van der Waals surface area contributed by atoms with Gasteiger partial charge in [0.15, 0.2) is 5.82 Å².